The molecule has 0 spiro atoms. The maximum absolute atomic E-state index is 7.19. The topological polar surface area (TPSA) is 33.5 Å². The van der Waals surface area contributed by atoms with E-state index in [0.717, 1.165) is 50.7 Å². The van der Waals surface area contributed by atoms with Crippen LogP contribution in [0.2, 0.25) is 0 Å². The highest BCUT2D eigenvalue weighted by Crippen LogP contribution is 2.50. The summed E-state index contributed by atoms with van der Waals surface area (Å²) in [7, 11) is 0. The lowest BCUT2D eigenvalue weighted by atomic mass is 9.73. The van der Waals surface area contributed by atoms with Crippen molar-refractivity contribution in [3.05, 3.63) is 239 Å². The largest absolute Gasteiger partial charge is 0.457 e. The first-order valence-electron chi connectivity index (χ1n) is 27.1. The van der Waals surface area contributed by atoms with Gasteiger partial charge in [-0.15, -0.1) is 0 Å². The van der Waals surface area contributed by atoms with Gasteiger partial charge in [0.1, 0.15) is 24.0 Å². The van der Waals surface area contributed by atoms with E-state index in [2.05, 4.69) is 292 Å². The second kappa shape index (κ2) is 19.0. The molecule has 5 heteroatoms. The second-order valence-corrected chi connectivity index (χ2v) is 24.4. The molecule has 0 radical (unpaired) electrons. The lowest BCUT2D eigenvalue weighted by molar-refractivity contribution is 0.483. The molecule has 8 aromatic carbocycles. The predicted octanol–water partition coefficient (Wildman–Crippen LogP) is 19.3. The third-order valence-electron chi connectivity index (χ3n) is 16.2. The minimum atomic E-state index is -0.275. The normalized spacial score (nSPS) is 13.3. The number of para-hydroxylation sites is 1. The molecule has 5 nitrogen and oxygen atoms in total. The van der Waals surface area contributed by atoms with Gasteiger partial charge in [-0.25, -0.2) is 4.98 Å². The van der Waals surface area contributed by atoms with Crippen LogP contribution in [0.15, 0.2) is 200 Å². The smallest absolute Gasteiger partial charge is 0.137 e. The van der Waals surface area contributed by atoms with Crippen LogP contribution in [-0.2, 0) is 21.7 Å². The molecule has 0 unspecified atom stereocenters. The SMILES string of the molecule is CC(C)c1ccccc1-c1cc(Oc2ccc3c4ccccc4n(-c4cc(C(C)(C)C)ccn4)c3c2)cc(N2CN(c3cc(C(C)(C)c4ccccc4)cc(C(C)(C)c4ccccc4)c3)c3cc(C(C)(C)C)ccc32)c1. The molecule has 0 saturated carbocycles. The van der Waals surface area contributed by atoms with Crippen molar-refractivity contribution in [3.63, 3.8) is 0 Å². The first-order chi connectivity index (χ1) is 36.3. The monoisotopic (exact) mass is 997 g/mol. The summed E-state index contributed by atoms with van der Waals surface area (Å²) in [6, 6.07) is 71.5. The molecule has 0 fully saturated rings. The summed E-state index contributed by atoms with van der Waals surface area (Å²) in [4.78, 5) is 10.0. The summed E-state index contributed by atoms with van der Waals surface area (Å²) < 4.78 is 9.48. The van der Waals surface area contributed by atoms with E-state index >= 15 is 0 Å². The fraction of sp³-hybridized carbons (Fsp3) is 0.254. The van der Waals surface area contributed by atoms with E-state index in [1.54, 1.807) is 0 Å². The third-order valence-corrected chi connectivity index (χ3v) is 16.2. The molecule has 0 aliphatic carbocycles. The molecule has 10 aromatic rings. The lowest BCUT2D eigenvalue weighted by Gasteiger charge is -2.33. The van der Waals surface area contributed by atoms with Crippen LogP contribution in [0, 0.1) is 0 Å². The third kappa shape index (κ3) is 9.25. The minimum Gasteiger partial charge on any atom is -0.457 e. The van der Waals surface area contributed by atoms with Crippen molar-refractivity contribution in [2.24, 2.45) is 0 Å². The Balaban J connectivity index is 1.08. The Morgan fingerprint density at radius 1 is 0.434 bits per heavy atom. The maximum Gasteiger partial charge on any atom is 0.137 e. The summed E-state index contributed by atoms with van der Waals surface area (Å²) in [5.74, 6) is 2.74. The van der Waals surface area contributed by atoms with Crippen LogP contribution in [0.1, 0.15) is 128 Å². The first kappa shape index (κ1) is 50.3. The molecule has 11 rings (SSSR count). The molecule has 1 aliphatic rings. The van der Waals surface area contributed by atoms with Crippen molar-refractivity contribution in [1.82, 2.24) is 9.55 Å². The van der Waals surface area contributed by atoms with Crippen LogP contribution in [0.3, 0.4) is 0 Å². The Labute approximate surface area is 451 Å². The highest BCUT2D eigenvalue weighted by Gasteiger charge is 2.35. The van der Waals surface area contributed by atoms with Crippen LogP contribution >= 0.6 is 0 Å². The highest BCUT2D eigenvalue weighted by atomic mass is 16.5. The Kier molecular flexibility index (Phi) is 12.6. The van der Waals surface area contributed by atoms with Gasteiger partial charge in [-0.05, 0) is 134 Å². The zero-order chi connectivity index (χ0) is 53.3. The molecular weight excluding hydrogens is 925 g/mol. The van der Waals surface area contributed by atoms with Gasteiger partial charge >= 0.3 is 0 Å². The van der Waals surface area contributed by atoms with Crippen molar-refractivity contribution >= 4 is 44.6 Å². The molecule has 0 saturated heterocycles. The van der Waals surface area contributed by atoms with Crippen molar-refractivity contribution in [3.8, 4) is 28.4 Å². The highest BCUT2D eigenvalue weighted by molar-refractivity contribution is 6.09. The molecule has 382 valence electrons. The van der Waals surface area contributed by atoms with Crippen molar-refractivity contribution in [2.45, 2.75) is 111 Å². The van der Waals surface area contributed by atoms with E-state index in [1.807, 2.05) is 6.20 Å². The molecule has 0 amide bonds. The summed E-state index contributed by atoms with van der Waals surface area (Å²) in [5.41, 5.74) is 17.3. The van der Waals surface area contributed by atoms with Crippen LogP contribution in [0.4, 0.5) is 22.7 Å². The number of ether oxygens (including phenoxy) is 1. The molecule has 76 heavy (non-hydrogen) atoms. The van der Waals surface area contributed by atoms with Crippen molar-refractivity contribution in [1.29, 1.82) is 0 Å². The number of hydrogen-bond donors (Lipinski definition) is 0. The predicted molar refractivity (Wildman–Crippen MR) is 321 cm³/mol. The number of fused-ring (bicyclic) bond motifs is 4. The van der Waals surface area contributed by atoms with E-state index in [9.17, 15) is 0 Å². The average Bonchev–Trinajstić information content (AvgIpc) is 3.97. The number of hydrogen-bond acceptors (Lipinski definition) is 4. The van der Waals surface area contributed by atoms with Gasteiger partial charge in [-0.2, -0.15) is 0 Å². The number of anilines is 4. The van der Waals surface area contributed by atoms with Gasteiger partial charge in [-0.1, -0.05) is 198 Å². The number of aromatic nitrogens is 2. The van der Waals surface area contributed by atoms with E-state index in [0.29, 0.717) is 12.6 Å². The van der Waals surface area contributed by atoms with Gasteiger partial charge in [0, 0.05) is 51.3 Å². The Bertz CT molecular complexity index is 3700. The van der Waals surface area contributed by atoms with Gasteiger partial charge in [0.25, 0.3) is 0 Å². The lowest BCUT2D eigenvalue weighted by Crippen LogP contribution is -2.27. The van der Waals surface area contributed by atoms with Gasteiger partial charge in [0.2, 0.25) is 0 Å². The molecule has 3 heterocycles. The number of nitrogens with zero attached hydrogens (tertiary/aromatic N) is 4. The summed E-state index contributed by atoms with van der Waals surface area (Å²) in [5, 5.41) is 2.33. The van der Waals surface area contributed by atoms with E-state index in [4.69, 9.17) is 9.72 Å². The minimum absolute atomic E-state index is 0.0328. The average molecular weight is 997 g/mol. The van der Waals surface area contributed by atoms with E-state index in [1.165, 1.54) is 61.3 Å². The van der Waals surface area contributed by atoms with Crippen LogP contribution < -0.4 is 14.5 Å². The maximum atomic E-state index is 7.19. The quantitative estimate of drug-likeness (QED) is 0.129. The number of benzene rings is 8. The van der Waals surface area contributed by atoms with Gasteiger partial charge in [0.15, 0.2) is 0 Å². The number of pyridine rings is 1. The van der Waals surface area contributed by atoms with Crippen molar-refractivity contribution in [2.75, 3.05) is 16.5 Å². The fourth-order valence-corrected chi connectivity index (χ4v) is 11.3. The Morgan fingerprint density at radius 3 is 1.67 bits per heavy atom. The van der Waals surface area contributed by atoms with Gasteiger partial charge in [-0.3, -0.25) is 4.57 Å². The Morgan fingerprint density at radius 2 is 1.01 bits per heavy atom. The summed E-state index contributed by atoms with van der Waals surface area (Å²) in [6.07, 6.45) is 1.94. The molecular formula is C71H72N4O. The van der Waals surface area contributed by atoms with Crippen molar-refractivity contribution < 1.29 is 4.74 Å². The first-order valence-corrected chi connectivity index (χ1v) is 27.1. The summed E-state index contributed by atoms with van der Waals surface area (Å²) >= 11 is 0. The summed E-state index contributed by atoms with van der Waals surface area (Å²) in [6.45, 7) is 28.3. The van der Waals surface area contributed by atoms with Gasteiger partial charge in [0.05, 0.1) is 22.4 Å². The molecule has 2 aromatic heterocycles. The molecule has 1 aliphatic heterocycles. The molecule has 0 N–H and O–H groups in total. The van der Waals surface area contributed by atoms with Gasteiger partial charge < -0.3 is 14.5 Å². The van der Waals surface area contributed by atoms with Crippen LogP contribution in [-0.4, -0.2) is 16.2 Å². The number of rotatable bonds is 11. The Hall–Kier alpha value is -7.89. The van der Waals surface area contributed by atoms with E-state index < -0.39 is 0 Å². The molecule has 0 bridgehead atoms. The molecule has 0 atom stereocenters. The standard InChI is InChI=1S/C71H72N4O/c1-47(2)59-27-19-20-28-60(59)48-37-55(44-58(38-48)76-57-32-33-62-61-29-21-22-30-63(61)75(65(62)45-57)67-43-52(35-36-72-67)69(6,7)8)73-46-74(66-42-51(68(3,4)5)31-34-64(66)73)56-40-53(70(9,10)49-23-15-13-16-24-49)39-54(41-56)71(11,12)50-25-17-14-18-26-50/h13-45,47H,46H2,1-12H3. The fourth-order valence-electron chi connectivity index (χ4n) is 11.3. The van der Waals surface area contributed by atoms with Crippen LogP contribution in [0.25, 0.3) is 38.8 Å². The van der Waals surface area contributed by atoms with Crippen LogP contribution in [0.5, 0.6) is 11.5 Å². The second-order valence-electron chi connectivity index (χ2n) is 24.4. The zero-order valence-electron chi connectivity index (χ0n) is 46.5. The zero-order valence-corrected chi connectivity index (χ0v) is 46.5. The van der Waals surface area contributed by atoms with E-state index in [-0.39, 0.29) is 21.7 Å².